The number of aromatic nitrogens is 1. The molecule has 5 nitrogen and oxygen atoms in total. The summed E-state index contributed by atoms with van der Waals surface area (Å²) in [5, 5.41) is 6.68. The molecule has 2 aromatic carbocycles. The molecule has 29 heavy (non-hydrogen) atoms. The number of sulfonamides is 1. The Morgan fingerprint density at radius 2 is 1.90 bits per heavy atom. The lowest BCUT2D eigenvalue weighted by Crippen LogP contribution is -2.33. The van der Waals surface area contributed by atoms with E-state index in [9.17, 15) is 8.42 Å². The molecule has 0 radical (unpaired) electrons. The van der Waals surface area contributed by atoms with Crippen LogP contribution in [0.3, 0.4) is 0 Å². The van der Waals surface area contributed by atoms with Crippen molar-refractivity contribution in [1.82, 2.24) is 9.47 Å². The summed E-state index contributed by atoms with van der Waals surface area (Å²) >= 11 is 0. The van der Waals surface area contributed by atoms with Crippen LogP contribution in [0.15, 0.2) is 47.5 Å². The van der Waals surface area contributed by atoms with Crippen molar-refractivity contribution < 1.29 is 8.42 Å². The lowest BCUT2D eigenvalue weighted by atomic mass is 9.93. The van der Waals surface area contributed by atoms with Crippen molar-refractivity contribution >= 4 is 20.9 Å². The smallest absolute Gasteiger partial charge is 0.238 e. The zero-order valence-corrected chi connectivity index (χ0v) is 18.2. The summed E-state index contributed by atoms with van der Waals surface area (Å²) in [6, 6.07) is 11.8. The van der Waals surface area contributed by atoms with Crippen molar-refractivity contribution in [3.8, 4) is 0 Å². The van der Waals surface area contributed by atoms with E-state index in [4.69, 9.17) is 5.14 Å². The van der Waals surface area contributed by atoms with Gasteiger partial charge in [-0.1, -0.05) is 24.6 Å². The molecular weight excluding hydrogens is 382 g/mol. The number of hydrogen-bond donors (Lipinski definition) is 1. The average molecular weight is 412 g/mol. The van der Waals surface area contributed by atoms with E-state index in [1.165, 1.54) is 27.6 Å². The Morgan fingerprint density at radius 3 is 2.66 bits per heavy atom. The van der Waals surface area contributed by atoms with E-state index >= 15 is 0 Å². The molecule has 0 bridgehead atoms. The molecule has 0 amide bonds. The summed E-state index contributed by atoms with van der Waals surface area (Å²) in [5.74, 6) is 0. The molecule has 1 saturated heterocycles. The van der Waals surface area contributed by atoms with E-state index in [-0.39, 0.29) is 10.9 Å². The number of nitrogens with zero attached hydrogens (tertiary/aromatic N) is 2. The predicted molar refractivity (Wildman–Crippen MR) is 117 cm³/mol. The first-order chi connectivity index (χ1) is 13.8. The van der Waals surface area contributed by atoms with Crippen LogP contribution in [0.2, 0.25) is 0 Å². The van der Waals surface area contributed by atoms with E-state index < -0.39 is 10.0 Å². The standard InChI is InChI=1S/C23H29N3O2S/c1-16-13-17(2)23-20(10-12-25(23)3)21(16)15-26-11-5-4-9-22(26)18-7-6-8-19(14-18)29(24,27)28/h6-8,10,12-14,22H,4-5,9,11,15H2,1-3H3,(H2,24,27,28). The first-order valence-corrected chi connectivity index (χ1v) is 11.7. The van der Waals surface area contributed by atoms with Crippen LogP contribution in [-0.4, -0.2) is 24.4 Å². The topological polar surface area (TPSA) is 68.3 Å². The largest absolute Gasteiger partial charge is 0.350 e. The van der Waals surface area contributed by atoms with Gasteiger partial charge in [-0.25, -0.2) is 13.6 Å². The molecule has 2 N–H and O–H groups in total. The van der Waals surface area contributed by atoms with Gasteiger partial charge in [0.1, 0.15) is 0 Å². The van der Waals surface area contributed by atoms with Crippen molar-refractivity contribution in [3.63, 3.8) is 0 Å². The third kappa shape index (κ3) is 3.84. The molecule has 1 unspecified atom stereocenters. The third-order valence-corrected chi connectivity index (χ3v) is 7.14. The minimum Gasteiger partial charge on any atom is -0.350 e. The van der Waals surface area contributed by atoms with Gasteiger partial charge in [0, 0.05) is 31.2 Å². The summed E-state index contributed by atoms with van der Waals surface area (Å²) in [4.78, 5) is 2.69. The molecule has 4 rings (SSSR count). The van der Waals surface area contributed by atoms with Crippen LogP contribution in [0.4, 0.5) is 0 Å². The number of likely N-dealkylation sites (tertiary alicyclic amines) is 1. The normalized spacial score (nSPS) is 18.4. The lowest BCUT2D eigenvalue weighted by molar-refractivity contribution is 0.140. The number of benzene rings is 2. The maximum Gasteiger partial charge on any atom is 0.238 e. The highest BCUT2D eigenvalue weighted by atomic mass is 32.2. The quantitative estimate of drug-likeness (QED) is 0.701. The number of nitrogens with two attached hydrogens (primary N) is 1. The maximum absolute atomic E-state index is 11.8. The first-order valence-electron chi connectivity index (χ1n) is 10.2. The van der Waals surface area contributed by atoms with E-state index in [0.717, 1.165) is 37.9 Å². The van der Waals surface area contributed by atoms with Gasteiger partial charge in [-0.15, -0.1) is 0 Å². The van der Waals surface area contributed by atoms with Gasteiger partial charge in [0.25, 0.3) is 0 Å². The molecule has 1 aliphatic rings. The van der Waals surface area contributed by atoms with Gasteiger partial charge in [-0.05, 0) is 73.7 Å². The highest BCUT2D eigenvalue weighted by Gasteiger charge is 2.26. The fourth-order valence-electron chi connectivity index (χ4n) is 4.83. The first kappa shape index (κ1) is 20.1. The summed E-state index contributed by atoms with van der Waals surface area (Å²) in [6.45, 7) is 6.22. The number of primary sulfonamides is 1. The Kier molecular flexibility index (Phi) is 5.27. The van der Waals surface area contributed by atoms with Crippen molar-refractivity contribution in [2.75, 3.05) is 6.54 Å². The highest BCUT2D eigenvalue weighted by Crippen LogP contribution is 2.35. The van der Waals surface area contributed by atoms with Gasteiger partial charge in [0.15, 0.2) is 0 Å². The molecule has 0 saturated carbocycles. The zero-order chi connectivity index (χ0) is 20.8. The van der Waals surface area contributed by atoms with Crippen LogP contribution < -0.4 is 5.14 Å². The second kappa shape index (κ2) is 7.59. The van der Waals surface area contributed by atoms with Gasteiger partial charge in [-0.3, -0.25) is 4.90 Å². The number of fused-ring (bicyclic) bond motifs is 1. The Balaban J connectivity index is 1.73. The Hall–Kier alpha value is -2.15. The van der Waals surface area contributed by atoms with Crippen LogP contribution in [0.25, 0.3) is 10.9 Å². The van der Waals surface area contributed by atoms with Gasteiger partial charge in [-0.2, -0.15) is 0 Å². The van der Waals surface area contributed by atoms with Gasteiger partial charge in [0.2, 0.25) is 10.0 Å². The Morgan fingerprint density at radius 1 is 1.10 bits per heavy atom. The summed E-state index contributed by atoms with van der Waals surface area (Å²) in [6.07, 6.45) is 5.46. The minimum absolute atomic E-state index is 0.192. The van der Waals surface area contributed by atoms with Crippen LogP contribution >= 0.6 is 0 Å². The molecule has 6 heteroatoms. The van der Waals surface area contributed by atoms with Crippen LogP contribution in [0.1, 0.15) is 47.6 Å². The summed E-state index contributed by atoms with van der Waals surface area (Å²) < 4.78 is 25.8. The Bertz CT molecular complexity index is 1160. The molecule has 0 aliphatic carbocycles. The van der Waals surface area contributed by atoms with E-state index in [0.29, 0.717) is 0 Å². The van der Waals surface area contributed by atoms with E-state index in [1.54, 1.807) is 18.2 Å². The predicted octanol–water partition coefficient (Wildman–Crippen LogP) is 4.17. The number of aryl methyl sites for hydroxylation is 3. The van der Waals surface area contributed by atoms with Crippen molar-refractivity contribution in [1.29, 1.82) is 0 Å². The molecule has 154 valence electrons. The molecule has 3 aromatic rings. The lowest BCUT2D eigenvalue weighted by Gasteiger charge is -2.36. The van der Waals surface area contributed by atoms with Crippen LogP contribution in [-0.2, 0) is 23.6 Å². The maximum atomic E-state index is 11.8. The number of hydrogen-bond acceptors (Lipinski definition) is 3. The number of piperidine rings is 1. The second-order valence-electron chi connectivity index (χ2n) is 8.28. The number of rotatable bonds is 4. The van der Waals surface area contributed by atoms with E-state index in [2.05, 4.69) is 48.7 Å². The average Bonchev–Trinajstić information content (AvgIpc) is 3.07. The summed E-state index contributed by atoms with van der Waals surface area (Å²) in [7, 11) is -1.61. The molecule has 1 fully saturated rings. The zero-order valence-electron chi connectivity index (χ0n) is 17.4. The fourth-order valence-corrected chi connectivity index (χ4v) is 5.39. The van der Waals surface area contributed by atoms with Gasteiger partial charge >= 0.3 is 0 Å². The molecule has 1 aliphatic heterocycles. The van der Waals surface area contributed by atoms with Crippen molar-refractivity contribution in [2.24, 2.45) is 12.2 Å². The van der Waals surface area contributed by atoms with Crippen LogP contribution in [0.5, 0.6) is 0 Å². The van der Waals surface area contributed by atoms with E-state index in [1.807, 2.05) is 6.07 Å². The second-order valence-corrected chi connectivity index (χ2v) is 9.84. The fraction of sp³-hybridized carbons (Fsp3) is 0.391. The molecule has 0 spiro atoms. The molecule has 1 aromatic heterocycles. The van der Waals surface area contributed by atoms with Crippen molar-refractivity contribution in [2.45, 2.75) is 50.6 Å². The highest BCUT2D eigenvalue weighted by molar-refractivity contribution is 7.89. The molecular formula is C23H29N3O2S. The minimum atomic E-state index is -3.70. The van der Waals surface area contributed by atoms with Gasteiger partial charge in [0.05, 0.1) is 10.4 Å². The summed E-state index contributed by atoms with van der Waals surface area (Å²) in [5.41, 5.74) is 6.29. The SMILES string of the molecule is Cc1cc(C)c2c(ccn2C)c1CN1CCCCC1c1cccc(S(N)(=O)=O)c1. The third-order valence-electron chi connectivity index (χ3n) is 6.23. The Labute approximate surface area is 173 Å². The van der Waals surface area contributed by atoms with Gasteiger partial charge < -0.3 is 4.57 Å². The molecule has 2 heterocycles. The van der Waals surface area contributed by atoms with Crippen molar-refractivity contribution in [3.05, 3.63) is 64.8 Å². The van der Waals surface area contributed by atoms with Crippen LogP contribution in [0, 0.1) is 13.8 Å². The monoisotopic (exact) mass is 411 g/mol. The molecule has 1 atom stereocenters.